The number of aliphatic carboxylic acids is 3. The summed E-state index contributed by atoms with van der Waals surface area (Å²) < 4.78 is 68.8. The number of amidine groups is 1. The predicted octanol–water partition coefficient (Wildman–Crippen LogP) is 0.0630. The topological polar surface area (TPSA) is 321 Å². The van der Waals surface area contributed by atoms with Gasteiger partial charge in [0.1, 0.15) is 17.9 Å². The maximum absolute atomic E-state index is 13.2. The molecule has 0 heterocycles. The van der Waals surface area contributed by atoms with Crippen LogP contribution in [0.4, 0.5) is 26.3 Å². The van der Waals surface area contributed by atoms with Crippen molar-refractivity contribution >= 4 is 47.8 Å². The van der Waals surface area contributed by atoms with Crippen LogP contribution in [0.2, 0.25) is 0 Å². The maximum atomic E-state index is 13.2. The van der Waals surface area contributed by atoms with Crippen LogP contribution in [0.3, 0.4) is 0 Å². The number of aldehydes is 1. The number of carbonyl (C=O) groups excluding carboxylic acids is 4. The van der Waals surface area contributed by atoms with Gasteiger partial charge in [-0.05, 0) is 50.1 Å². The predicted molar refractivity (Wildman–Crippen MR) is 148 cm³/mol. The number of imide groups is 1. The number of carbonyl (C=O) groups is 7. The summed E-state index contributed by atoms with van der Waals surface area (Å²) in [5.41, 5.74) is 20.9. The van der Waals surface area contributed by atoms with Crippen LogP contribution in [0.15, 0.2) is 24.3 Å². The first kappa shape index (κ1) is 45.0. The molecule has 1 aromatic rings. The third-order valence-electron chi connectivity index (χ3n) is 5.28. The molecule has 1 aromatic carbocycles. The van der Waals surface area contributed by atoms with Crippen LogP contribution >= 0.6 is 0 Å². The molecule has 48 heavy (non-hydrogen) atoms. The van der Waals surface area contributed by atoms with Gasteiger partial charge in [-0.2, -0.15) is 26.3 Å². The Morgan fingerprint density at radius 1 is 0.917 bits per heavy atom. The molecular formula is C25H32F6N6O11. The van der Waals surface area contributed by atoms with E-state index in [9.17, 15) is 50.3 Å². The molecule has 12 N–H and O–H groups in total. The van der Waals surface area contributed by atoms with E-state index in [2.05, 4.69) is 0 Å². The summed E-state index contributed by atoms with van der Waals surface area (Å²) >= 11 is 0. The lowest BCUT2D eigenvalue weighted by molar-refractivity contribution is -0.193. The highest BCUT2D eigenvalue weighted by Gasteiger charge is 2.49. The number of halogens is 6. The number of carboxylic acid groups (broad SMARTS) is 3. The molecule has 0 saturated heterocycles. The van der Waals surface area contributed by atoms with Crippen molar-refractivity contribution in [2.75, 3.05) is 6.54 Å². The Balaban J connectivity index is 0. The van der Waals surface area contributed by atoms with Crippen LogP contribution in [0.25, 0.3) is 0 Å². The molecule has 17 nitrogen and oxygen atoms in total. The molecule has 0 unspecified atom stereocenters. The number of ether oxygens (including phenoxy) is 1. The van der Waals surface area contributed by atoms with Gasteiger partial charge in [0.25, 0.3) is 0 Å². The van der Waals surface area contributed by atoms with Gasteiger partial charge >= 0.3 is 36.2 Å². The van der Waals surface area contributed by atoms with Gasteiger partial charge in [0.2, 0.25) is 11.8 Å². The van der Waals surface area contributed by atoms with E-state index in [1.54, 1.807) is 0 Å². The van der Waals surface area contributed by atoms with Gasteiger partial charge in [0.05, 0.1) is 12.5 Å². The Morgan fingerprint density at radius 2 is 1.38 bits per heavy atom. The molecule has 270 valence electrons. The first-order chi connectivity index (χ1) is 21.9. The second-order valence-electron chi connectivity index (χ2n) is 9.08. The van der Waals surface area contributed by atoms with E-state index in [-0.39, 0.29) is 37.4 Å². The summed E-state index contributed by atoms with van der Waals surface area (Å²) in [7, 11) is 0. The van der Waals surface area contributed by atoms with Crippen LogP contribution in [-0.4, -0.2) is 98.6 Å². The van der Waals surface area contributed by atoms with Crippen molar-refractivity contribution in [1.29, 1.82) is 5.41 Å². The largest absolute Gasteiger partial charge is 0.490 e. The fourth-order valence-corrected chi connectivity index (χ4v) is 3.02. The number of nitrogens with one attached hydrogen (secondary N) is 1. The number of amides is 2. The number of rotatable bonds is 14. The SMILES string of the molecule is N=C(N)c1ccc(OC(=O)[C@](N)(CCCCN)N(C(=O)CCC=O)C(=O)[C@@H](N)CC(=O)O)cc1.O=C(O)C(F)(F)F.O=C(O)C(F)(F)F. The van der Waals surface area contributed by atoms with Crippen LogP contribution < -0.4 is 27.7 Å². The Bertz CT molecular complexity index is 1290. The molecule has 0 aliphatic rings. The number of nitrogen functional groups attached to an aromatic ring is 1. The van der Waals surface area contributed by atoms with Crippen molar-refractivity contribution in [3.8, 4) is 5.75 Å². The Labute approximate surface area is 266 Å². The van der Waals surface area contributed by atoms with Crippen LogP contribution in [-0.2, 0) is 33.6 Å². The van der Waals surface area contributed by atoms with Crippen LogP contribution in [0.5, 0.6) is 5.75 Å². The quantitative estimate of drug-likeness (QED) is 0.0185. The first-order valence-corrected chi connectivity index (χ1v) is 12.9. The fourth-order valence-electron chi connectivity index (χ4n) is 3.02. The van der Waals surface area contributed by atoms with Crippen molar-refractivity contribution in [1.82, 2.24) is 4.90 Å². The summed E-state index contributed by atoms with van der Waals surface area (Å²) in [6, 6.07) is 3.83. The lowest BCUT2D eigenvalue weighted by atomic mass is 9.98. The summed E-state index contributed by atoms with van der Waals surface area (Å²) in [5.74, 6) is -10.5. The van der Waals surface area contributed by atoms with Gasteiger partial charge < -0.3 is 42.1 Å². The number of nitrogens with zero attached hydrogens (tertiary/aromatic N) is 1. The zero-order chi connectivity index (χ0) is 38.0. The van der Waals surface area contributed by atoms with Gasteiger partial charge in [-0.15, -0.1) is 0 Å². The van der Waals surface area contributed by atoms with Gasteiger partial charge in [0, 0.05) is 18.4 Å². The lowest BCUT2D eigenvalue weighted by Crippen LogP contribution is -2.68. The smallest absolute Gasteiger partial charge is 0.481 e. The van der Waals surface area contributed by atoms with Crippen molar-refractivity contribution in [3.05, 3.63) is 29.8 Å². The number of hydrogen-bond donors (Lipinski definition) is 8. The highest BCUT2D eigenvalue weighted by atomic mass is 19.4. The minimum absolute atomic E-state index is 0.00813. The Hall–Kier alpha value is -5.16. The molecule has 0 aromatic heterocycles. The molecule has 0 radical (unpaired) electrons. The van der Waals surface area contributed by atoms with Crippen LogP contribution in [0.1, 0.15) is 44.1 Å². The molecule has 2 amide bonds. The summed E-state index contributed by atoms with van der Waals surface area (Å²) in [4.78, 5) is 79.1. The molecule has 0 saturated carbocycles. The second-order valence-corrected chi connectivity index (χ2v) is 9.08. The second kappa shape index (κ2) is 20.2. The van der Waals surface area contributed by atoms with E-state index in [4.69, 9.17) is 58.0 Å². The molecule has 23 heteroatoms. The van der Waals surface area contributed by atoms with E-state index in [1.807, 2.05) is 0 Å². The normalized spacial score (nSPS) is 12.7. The number of alkyl halides is 6. The fraction of sp³-hybridized carbons (Fsp3) is 0.440. The number of hydrogen-bond acceptors (Lipinski definition) is 12. The summed E-state index contributed by atoms with van der Waals surface area (Å²) in [5, 5.41) is 30.7. The van der Waals surface area contributed by atoms with Crippen molar-refractivity contribution in [2.24, 2.45) is 22.9 Å². The minimum atomic E-state index is -5.08. The molecule has 0 aliphatic heterocycles. The van der Waals surface area contributed by atoms with Gasteiger partial charge in [-0.3, -0.25) is 30.4 Å². The molecule has 1 rings (SSSR count). The average Bonchev–Trinajstić information content (AvgIpc) is 2.95. The Kier molecular flexibility index (Phi) is 18.9. The van der Waals surface area contributed by atoms with E-state index in [1.165, 1.54) is 24.3 Å². The number of esters is 1. The third-order valence-corrected chi connectivity index (χ3v) is 5.28. The monoisotopic (exact) mass is 706 g/mol. The maximum Gasteiger partial charge on any atom is 0.490 e. The van der Waals surface area contributed by atoms with Crippen molar-refractivity contribution < 1.29 is 80.0 Å². The molecule has 2 atom stereocenters. The molecule has 0 fully saturated rings. The zero-order valence-electron chi connectivity index (χ0n) is 24.5. The van der Waals surface area contributed by atoms with E-state index in [0.717, 1.165) is 0 Å². The number of nitrogens with two attached hydrogens (primary N) is 4. The van der Waals surface area contributed by atoms with Crippen LogP contribution in [0, 0.1) is 5.41 Å². The lowest BCUT2D eigenvalue weighted by Gasteiger charge is -2.38. The minimum Gasteiger partial charge on any atom is -0.481 e. The van der Waals surface area contributed by atoms with E-state index < -0.39 is 72.6 Å². The van der Waals surface area contributed by atoms with Gasteiger partial charge in [0.15, 0.2) is 5.66 Å². The van der Waals surface area contributed by atoms with Crippen molar-refractivity contribution in [2.45, 2.75) is 62.6 Å². The zero-order valence-corrected chi connectivity index (χ0v) is 24.5. The van der Waals surface area contributed by atoms with Gasteiger partial charge in [-0.25, -0.2) is 14.4 Å². The Morgan fingerprint density at radius 3 is 1.73 bits per heavy atom. The van der Waals surface area contributed by atoms with E-state index in [0.29, 0.717) is 23.2 Å². The molecule has 0 bridgehead atoms. The van der Waals surface area contributed by atoms with E-state index >= 15 is 0 Å². The standard InChI is InChI=1S/C21H30N6O7.2C2HF3O2/c22-10-2-1-9-21(26,20(33)34-14-7-5-13(6-8-14)18(24)25)27(16(29)4-3-11-28)19(32)15(23)12-17(30)31;2*3-2(4,5)1(6)7/h5-8,11,15H,1-4,9-10,12,22-23,26H2,(H3,24,25)(H,30,31);2*(H,6,7)/t15-,21-;;/m0../s1. The number of carboxylic acids is 3. The summed E-state index contributed by atoms with van der Waals surface area (Å²) in [6.45, 7) is 0.239. The van der Waals surface area contributed by atoms with Gasteiger partial charge in [-0.1, -0.05) is 0 Å². The number of benzene rings is 1. The summed E-state index contributed by atoms with van der Waals surface area (Å²) in [6.07, 6.45) is -10.9. The number of unbranched alkanes of at least 4 members (excludes halogenated alkanes) is 1. The third kappa shape index (κ3) is 16.4. The molecule has 0 aliphatic carbocycles. The van der Waals surface area contributed by atoms with Crippen molar-refractivity contribution in [3.63, 3.8) is 0 Å². The molecular weight excluding hydrogens is 674 g/mol. The highest BCUT2D eigenvalue weighted by molar-refractivity contribution is 6.04. The first-order valence-electron chi connectivity index (χ1n) is 12.9. The highest BCUT2D eigenvalue weighted by Crippen LogP contribution is 2.24. The molecule has 0 spiro atoms. The average molecular weight is 707 g/mol.